The standard InChI is InChI=1S/C50H32N2/c1-2-12-38-32-39(25-24-33(38)10-1)36-22-20-34(21-23-36)35-26-28-40(29-27-35)51-45-17-7-5-15-42(45)49-47(51)30-31-48-50(49)43-16-6-8-18-46(43)52(48)44-19-9-13-37-11-3-4-14-41(37)44/h1-32H. The highest BCUT2D eigenvalue weighted by Gasteiger charge is 2.21. The molecule has 0 saturated heterocycles. The summed E-state index contributed by atoms with van der Waals surface area (Å²) in [5, 5.41) is 10.1. The van der Waals surface area contributed by atoms with Crippen molar-refractivity contribution in [1.82, 2.24) is 9.13 Å². The lowest BCUT2D eigenvalue weighted by Gasteiger charge is -2.12. The first kappa shape index (κ1) is 28.9. The van der Waals surface area contributed by atoms with Crippen LogP contribution in [0.2, 0.25) is 0 Å². The SMILES string of the molecule is c1ccc2cc(-c3ccc(-c4ccc(-n5c6ccccc6c6c7c8ccccc8n(-c8cccc9ccccc89)c7ccc65)cc4)cc3)ccc2c1. The number of aromatic nitrogens is 2. The molecule has 242 valence electrons. The van der Waals surface area contributed by atoms with Gasteiger partial charge in [0.25, 0.3) is 0 Å². The molecule has 0 aliphatic carbocycles. The first-order valence-corrected chi connectivity index (χ1v) is 17.9. The average Bonchev–Trinajstić information content (AvgIpc) is 3.73. The molecule has 0 radical (unpaired) electrons. The normalized spacial score (nSPS) is 11.8. The Hall–Kier alpha value is -6.90. The van der Waals surface area contributed by atoms with Crippen molar-refractivity contribution in [1.29, 1.82) is 0 Å². The van der Waals surface area contributed by atoms with E-state index in [1.165, 1.54) is 93.1 Å². The third-order valence-corrected chi connectivity index (χ3v) is 10.9. The molecule has 0 amide bonds. The van der Waals surface area contributed by atoms with Crippen LogP contribution < -0.4 is 0 Å². The Bertz CT molecular complexity index is 3150. The molecule has 0 aliphatic rings. The van der Waals surface area contributed by atoms with Crippen molar-refractivity contribution >= 4 is 65.2 Å². The summed E-state index contributed by atoms with van der Waals surface area (Å²) in [7, 11) is 0. The fraction of sp³-hybridized carbons (Fsp3) is 0. The maximum atomic E-state index is 2.46. The Balaban J connectivity index is 1.05. The molecule has 0 fully saturated rings. The molecule has 2 heteroatoms. The molecule has 2 heterocycles. The van der Waals surface area contributed by atoms with Crippen molar-refractivity contribution in [2.45, 2.75) is 0 Å². The van der Waals surface area contributed by atoms with E-state index in [0.29, 0.717) is 0 Å². The maximum Gasteiger partial charge on any atom is 0.0549 e. The van der Waals surface area contributed by atoms with Gasteiger partial charge in [0.2, 0.25) is 0 Å². The molecule has 2 aromatic heterocycles. The molecule has 2 nitrogen and oxygen atoms in total. The lowest BCUT2D eigenvalue weighted by atomic mass is 9.98. The van der Waals surface area contributed by atoms with Gasteiger partial charge < -0.3 is 9.13 Å². The number of hydrogen-bond acceptors (Lipinski definition) is 0. The largest absolute Gasteiger partial charge is 0.309 e. The highest BCUT2D eigenvalue weighted by molar-refractivity contribution is 6.29. The van der Waals surface area contributed by atoms with E-state index in [1.807, 2.05) is 0 Å². The van der Waals surface area contributed by atoms with Crippen LogP contribution in [0, 0.1) is 0 Å². The lowest BCUT2D eigenvalue weighted by molar-refractivity contribution is 1.18. The van der Waals surface area contributed by atoms with E-state index in [2.05, 4.69) is 203 Å². The summed E-state index contributed by atoms with van der Waals surface area (Å²) in [5.74, 6) is 0. The monoisotopic (exact) mass is 660 g/mol. The minimum absolute atomic E-state index is 1.15. The minimum atomic E-state index is 1.15. The molecule has 9 aromatic carbocycles. The molecular formula is C50H32N2. The second-order valence-electron chi connectivity index (χ2n) is 13.7. The van der Waals surface area contributed by atoms with Crippen LogP contribution in [-0.4, -0.2) is 9.13 Å². The number of nitrogens with zero attached hydrogens (tertiary/aromatic N) is 2. The van der Waals surface area contributed by atoms with Gasteiger partial charge in [-0.25, -0.2) is 0 Å². The van der Waals surface area contributed by atoms with Gasteiger partial charge in [-0.1, -0.05) is 146 Å². The Morgan fingerprint density at radius 1 is 0.269 bits per heavy atom. The molecule has 0 saturated carbocycles. The number of rotatable bonds is 4. The maximum absolute atomic E-state index is 2.46. The van der Waals surface area contributed by atoms with Gasteiger partial charge in [0.05, 0.1) is 27.8 Å². The summed E-state index contributed by atoms with van der Waals surface area (Å²) in [6, 6.07) is 70.9. The van der Waals surface area contributed by atoms with E-state index < -0.39 is 0 Å². The molecular weight excluding hydrogens is 629 g/mol. The van der Waals surface area contributed by atoms with E-state index in [-0.39, 0.29) is 0 Å². The molecule has 11 aromatic rings. The van der Waals surface area contributed by atoms with E-state index in [1.54, 1.807) is 0 Å². The first-order chi connectivity index (χ1) is 25.8. The summed E-state index contributed by atoms with van der Waals surface area (Å²) in [6.07, 6.45) is 0. The predicted molar refractivity (Wildman–Crippen MR) is 221 cm³/mol. The van der Waals surface area contributed by atoms with Gasteiger partial charge in [-0.2, -0.15) is 0 Å². The summed E-state index contributed by atoms with van der Waals surface area (Å²) >= 11 is 0. The molecule has 0 unspecified atom stereocenters. The van der Waals surface area contributed by atoms with Gasteiger partial charge in [-0.05, 0) is 86.9 Å². The van der Waals surface area contributed by atoms with E-state index in [0.717, 1.165) is 5.69 Å². The fourth-order valence-electron chi connectivity index (χ4n) is 8.49. The number of para-hydroxylation sites is 2. The number of hydrogen-bond donors (Lipinski definition) is 0. The highest BCUT2D eigenvalue weighted by Crippen LogP contribution is 2.43. The summed E-state index contributed by atoms with van der Waals surface area (Å²) in [6.45, 7) is 0. The quantitative estimate of drug-likeness (QED) is 0.178. The Morgan fingerprint density at radius 3 is 1.44 bits per heavy atom. The smallest absolute Gasteiger partial charge is 0.0549 e. The van der Waals surface area contributed by atoms with Crippen LogP contribution in [0.5, 0.6) is 0 Å². The zero-order valence-electron chi connectivity index (χ0n) is 28.4. The summed E-state index contributed by atoms with van der Waals surface area (Å²) in [4.78, 5) is 0. The molecule has 0 atom stereocenters. The summed E-state index contributed by atoms with van der Waals surface area (Å²) in [5.41, 5.74) is 12.1. The number of fused-ring (bicyclic) bond motifs is 9. The van der Waals surface area contributed by atoms with E-state index in [9.17, 15) is 0 Å². The van der Waals surface area contributed by atoms with Crippen LogP contribution in [0.3, 0.4) is 0 Å². The van der Waals surface area contributed by atoms with Gasteiger partial charge in [0.1, 0.15) is 0 Å². The molecule has 0 bridgehead atoms. The van der Waals surface area contributed by atoms with Crippen molar-refractivity contribution in [2.75, 3.05) is 0 Å². The summed E-state index contributed by atoms with van der Waals surface area (Å²) < 4.78 is 4.89. The third-order valence-electron chi connectivity index (χ3n) is 10.9. The zero-order chi connectivity index (χ0) is 34.2. The average molecular weight is 661 g/mol. The Labute approximate surface area is 301 Å². The fourth-order valence-corrected chi connectivity index (χ4v) is 8.49. The van der Waals surface area contributed by atoms with Crippen molar-refractivity contribution in [3.05, 3.63) is 194 Å². The van der Waals surface area contributed by atoms with Gasteiger partial charge >= 0.3 is 0 Å². The Morgan fingerprint density at radius 2 is 0.750 bits per heavy atom. The third kappa shape index (κ3) is 4.31. The van der Waals surface area contributed by atoms with Crippen molar-refractivity contribution in [2.24, 2.45) is 0 Å². The zero-order valence-corrected chi connectivity index (χ0v) is 28.4. The van der Waals surface area contributed by atoms with Crippen LogP contribution in [0.1, 0.15) is 0 Å². The van der Waals surface area contributed by atoms with Gasteiger partial charge in [-0.3, -0.25) is 0 Å². The van der Waals surface area contributed by atoms with Crippen LogP contribution >= 0.6 is 0 Å². The second kappa shape index (κ2) is 11.3. The van der Waals surface area contributed by atoms with Gasteiger partial charge in [-0.15, -0.1) is 0 Å². The van der Waals surface area contributed by atoms with Crippen LogP contribution in [0.4, 0.5) is 0 Å². The number of benzene rings is 9. The van der Waals surface area contributed by atoms with Crippen molar-refractivity contribution in [3.8, 4) is 33.6 Å². The minimum Gasteiger partial charge on any atom is -0.309 e. The molecule has 11 rings (SSSR count). The van der Waals surface area contributed by atoms with E-state index in [4.69, 9.17) is 0 Å². The topological polar surface area (TPSA) is 9.86 Å². The van der Waals surface area contributed by atoms with Crippen molar-refractivity contribution in [3.63, 3.8) is 0 Å². The lowest BCUT2D eigenvalue weighted by Crippen LogP contribution is -1.96. The van der Waals surface area contributed by atoms with Gasteiger partial charge in [0, 0.05) is 32.6 Å². The van der Waals surface area contributed by atoms with Gasteiger partial charge in [0.15, 0.2) is 0 Å². The molecule has 52 heavy (non-hydrogen) atoms. The van der Waals surface area contributed by atoms with Crippen LogP contribution in [0.15, 0.2) is 194 Å². The highest BCUT2D eigenvalue weighted by atomic mass is 15.0. The molecule has 0 N–H and O–H groups in total. The predicted octanol–water partition coefficient (Wildman–Crippen LogP) is 13.5. The second-order valence-corrected chi connectivity index (χ2v) is 13.7. The van der Waals surface area contributed by atoms with Crippen LogP contribution in [0.25, 0.3) is 98.8 Å². The molecule has 0 aliphatic heterocycles. The molecule has 0 spiro atoms. The van der Waals surface area contributed by atoms with Crippen molar-refractivity contribution < 1.29 is 0 Å². The Kier molecular flexibility index (Phi) is 6.28. The first-order valence-electron chi connectivity index (χ1n) is 17.9. The van der Waals surface area contributed by atoms with Crippen LogP contribution in [-0.2, 0) is 0 Å². The van der Waals surface area contributed by atoms with E-state index >= 15 is 0 Å².